The fourth-order valence-corrected chi connectivity index (χ4v) is 3.59. The zero-order chi connectivity index (χ0) is 16.6. The summed E-state index contributed by atoms with van der Waals surface area (Å²) in [4.78, 5) is 26.7. The fourth-order valence-electron chi connectivity index (χ4n) is 1.92. The van der Waals surface area contributed by atoms with Gasteiger partial charge in [-0.15, -0.1) is 0 Å². The Morgan fingerprint density at radius 3 is 2.78 bits per heavy atom. The van der Waals surface area contributed by atoms with E-state index in [0.717, 1.165) is 20.8 Å². The number of nitrogens with one attached hydrogen (secondary N) is 1. The SMILES string of the molecule is O=C(Nc1nc2ccc(Br)cc2s1)c1ccc([N+](=O)[O-])cc1Cl. The monoisotopic (exact) mass is 411 g/mol. The quantitative estimate of drug-likeness (QED) is 0.491. The molecule has 2 aromatic carbocycles. The first-order valence-electron chi connectivity index (χ1n) is 6.25. The number of amides is 1. The van der Waals surface area contributed by atoms with Gasteiger partial charge in [-0.25, -0.2) is 4.98 Å². The van der Waals surface area contributed by atoms with Crippen LogP contribution in [0.5, 0.6) is 0 Å². The van der Waals surface area contributed by atoms with Crippen LogP contribution in [0.4, 0.5) is 10.8 Å². The van der Waals surface area contributed by atoms with Crippen molar-refractivity contribution >= 4 is 65.8 Å². The molecule has 1 amide bonds. The van der Waals surface area contributed by atoms with Crippen molar-refractivity contribution in [3.8, 4) is 0 Å². The van der Waals surface area contributed by atoms with Gasteiger partial charge in [-0.05, 0) is 24.3 Å². The summed E-state index contributed by atoms with van der Waals surface area (Å²) >= 11 is 10.6. The van der Waals surface area contributed by atoms with E-state index in [1.807, 2.05) is 18.2 Å². The van der Waals surface area contributed by atoms with Crippen LogP contribution in [0.1, 0.15) is 10.4 Å². The van der Waals surface area contributed by atoms with E-state index < -0.39 is 10.8 Å². The highest BCUT2D eigenvalue weighted by Gasteiger charge is 2.16. The molecule has 0 spiro atoms. The van der Waals surface area contributed by atoms with Crippen LogP contribution in [0.15, 0.2) is 40.9 Å². The molecule has 0 unspecified atom stereocenters. The Bertz CT molecular complexity index is 944. The summed E-state index contributed by atoms with van der Waals surface area (Å²) in [5, 5.41) is 13.8. The summed E-state index contributed by atoms with van der Waals surface area (Å²) in [7, 11) is 0. The number of fused-ring (bicyclic) bond motifs is 1. The summed E-state index contributed by atoms with van der Waals surface area (Å²) in [5.41, 5.74) is 0.748. The maximum absolute atomic E-state index is 12.3. The summed E-state index contributed by atoms with van der Waals surface area (Å²) in [6, 6.07) is 9.30. The van der Waals surface area contributed by atoms with Crippen LogP contribution in [0.25, 0.3) is 10.2 Å². The second-order valence-electron chi connectivity index (χ2n) is 4.51. The molecule has 23 heavy (non-hydrogen) atoms. The minimum Gasteiger partial charge on any atom is -0.298 e. The number of carbonyl (C=O) groups excluding carboxylic acids is 1. The van der Waals surface area contributed by atoms with Crippen molar-refractivity contribution in [1.29, 1.82) is 0 Å². The molecule has 1 N–H and O–H groups in total. The summed E-state index contributed by atoms with van der Waals surface area (Å²) in [6.07, 6.45) is 0. The fraction of sp³-hybridized carbons (Fsp3) is 0. The second kappa shape index (κ2) is 6.23. The van der Waals surface area contributed by atoms with Gasteiger partial charge in [0.25, 0.3) is 11.6 Å². The Kier molecular flexibility index (Phi) is 4.29. The van der Waals surface area contributed by atoms with Gasteiger partial charge in [0.2, 0.25) is 0 Å². The zero-order valence-corrected chi connectivity index (χ0v) is 14.4. The van der Waals surface area contributed by atoms with Gasteiger partial charge in [0.1, 0.15) is 0 Å². The van der Waals surface area contributed by atoms with Crippen LogP contribution < -0.4 is 5.32 Å². The standard InChI is InChI=1S/C14H7BrClN3O3S/c15-7-1-4-11-12(5-7)23-14(17-11)18-13(20)9-3-2-8(19(21)22)6-10(9)16/h1-6H,(H,17,18,20). The van der Waals surface area contributed by atoms with Gasteiger partial charge in [0.05, 0.1) is 25.7 Å². The van der Waals surface area contributed by atoms with Crippen LogP contribution >= 0.6 is 38.9 Å². The van der Waals surface area contributed by atoms with Crippen molar-refractivity contribution in [3.05, 3.63) is 61.6 Å². The number of nitrogens with zero attached hydrogens (tertiary/aromatic N) is 2. The lowest BCUT2D eigenvalue weighted by Gasteiger charge is -2.03. The van der Waals surface area contributed by atoms with Crippen molar-refractivity contribution in [2.75, 3.05) is 5.32 Å². The number of aromatic nitrogens is 1. The number of carbonyl (C=O) groups is 1. The van der Waals surface area contributed by atoms with E-state index >= 15 is 0 Å². The maximum atomic E-state index is 12.3. The number of rotatable bonds is 3. The topological polar surface area (TPSA) is 85.1 Å². The highest BCUT2D eigenvalue weighted by atomic mass is 79.9. The second-order valence-corrected chi connectivity index (χ2v) is 6.86. The molecule has 0 aliphatic carbocycles. The minimum absolute atomic E-state index is 0.0144. The molecule has 1 aromatic heterocycles. The Hall–Kier alpha value is -2.03. The number of thiazole rings is 1. The molecule has 116 valence electrons. The molecule has 0 saturated heterocycles. The third kappa shape index (κ3) is 3.34. The van der Waals surface area contributed by atoms with Gasteiger partial charge in [-0.2, -0.15) is 0 Å². The molecule has 0 radical (unpaired) electrons. The Labute approximate surface area is 147 Å². The van der Waals surface area contributed by atoms with E-state index in [1.54, 1.807) is 0 Å². The van der Waals surface area contributed by atoms with Gasteiger partial charge >= 0.3 is 0 Å². The molecule has 1 heterocycles. The summed E-state index contributed by atoms with van der Waals surface area (Å²) < 4.78 is 1.84. The van der Waals surface area contributed by atoms with E-state index in [0.29, 0.717) is 5.13 Å². The van der Waals surface area contributed by atoms with Crippen LogP contribution in [0.3, 0.4) is 0 Å². The molecule has 0 bridgehead atoms. The van der Waals surface area contributed by atoms with Crippen molar-refractivity contribution in [1.82, 2.24) is 4.98 Å². The molecule has 3 rings (SSSR count). The smallest absolute Gasteiger partial charge is 0.270 e. The molecule has 0 saturated carbocycles. The number of hydrogen-bond acceptors (Lipinski definition) is 5. The van der Waals surface area contributed by atoms with Crippen molar-refractivity contribution in [3.63, 3.8) is 0 Å². The number of nitro benzene ring substituents is 1. The van der Waals surface area contributed by atoms with Crippen molar-refractivity contribution < 1.29 is 9.72 Å². The third-order valence-electron chi connectivity index (χ3n) is 2.98. The lowest BCUT2D eigenvalue weighted by molar-refractivity contribution is -0.384. The van der Waals surface area contributed by atoms with E-state index in [2.05, 4.69) is 26.2 Å². The Balaban J connectivity index is 1.87. The van der Waals surface area contributed by atoms with Crippen LogP contribution in [-0.4, -0.2) is 15.8 Å². The van der Waals surface area contributed by atoms with Crippen LogP contribution in [0.2, 0.25) is 5.02 Å². The number of anilines is 1. The molecule has 0 aliphatic heterocycles. The van der Waals surface area contributed by atoms with E-state index in [4.69, 9.17) is 11.6 Å². The first-order chi connectivity index (χ1) is 10.9. The maximum Gasteiger partial charge on any atom is 0.270 e. The highest BCUT2D eigenvalue weighted by molar-refractivity contribution is 9.10. The van der Waals surface area contributed by atoms with Gasteiger partial charge in [-0.3, -0.25) is 20.2 Å². The number of hydrogen-bond donors (Lipinski definition) is 1. The number of non-ortho nitro benzene ring substituents is 1. The van der Waals surface area contributed by atoms with Crippen LogP contribution in [0, 0.1) is 10.1 Å². The lowest BCUT2D eigenvalue weighted by atomic mass is 10.2. The Morgan fingerprint density at radius 2 is 2.09 bits per heavy atom. The van der Waals surface area contributed by atoms with Gasteiger partial charge in [0.15, 0.2) is 5.13 Å². The predicted molar refractivity (Wildman–Crippen MR) is 93.4 cm³/mol. The van der Waals surface area contributed by atoms with E-state index in [-0.39, 0.29) is 16.3 Å². The first kappa shape index (κ1) is 15.9. The molecule has 9 heteroatoms. The van der Waals surface area contributed by atoms with E-state index in [9.17, 15) is 14.9 Å². The minimum atomic E-state index is -0.570. The van der Waals surface area contributed by atoms with Gasteiger partial charge < -0.3 is 0 Å². The normalized spacial score (nSPS) is 10.7. The van der Waals surface area contributed by atoms with E-state index in [1.165, 1.54) is 23.5 Å². The van der Waals surface area contributed by atoms with Gasteiger partial charge in [-0.1, -0.05) is 38.9 Å². The highest BCUT2D eigenvalue weighted by Crippen LogP contribution is 2.29. The molecule has 0 fully saturated rings. The predicted octanol–water partition coefficient (Wildman–Crippen LogP) is 4.87. The lowest BCUT2D eigenvalue weighted by Crippen LogP contribution is -2.12. The molecule has 0 atom stereocenters. The molecule has 6 nitrogen and oxygen atoms in total. The first-order valence-corrected chi connectivity index (χ1v) is 8.24. The number of halogens is 2. The average molecular weight is 413 g/mol. The number of nitro groups is 1. The average Bonchev–Trinajstić information content (AvgIpc) is 2.88. The molecular weight excluding hydrogens is 406 g/mol. The third-order valence-corrected chi connectivity index (χ3v) is 4.72. The van der Waals surface area contributed by atoms with Crippen molar-refractivity contribution in [2.45, 2.75) is 0 Å². The molecule has 0 aliphatic rings. The Morgan fingerprint density at radius 1 is 1.30 bits per heavy atom. The summed E-state index contributed by atoms with van der Waals surface area (Å²) in [6.45, 7) is 0. The molecule has 3 aromatic rings. The van der Waals surface area contributed by atoms with Gasteiger partial charge in [0, 0.05) is 16.6 Å². The van der Waals surface area contributed by atoms with Crippen molar-refractivity contribution in [2.24, 2.45) is 0 Å². The van der Waals surface area contributed by atoms with Crippen LogP contribution in [-0.2, 0) is 0 Å². The molecular formula is C14H7BrClN3O3S. The zero-order valence-electron chi connectivity index (χ0n) is 11.2. The summed E-state index contributed by atoms with van der Waals surface area (Å²) in [5.74, 6) is -0.469. The largest absolute Gasteiger partial charge is 0.298 e. The number of benzene rings is 2.